The Labute approximate surface area is 180 Å². The number of imidazole rings is 1. The van der Waals surface area contributed by atoms with Gasteiger partial charge in [-0.25, -0.2) is 4.98 Å². The first-order valence-electron chi connectivity index (χ1n) is 10.5. The predicted molar refractivity (Wildman–Crippen MR) is 116 cm³/mol. The van der Waals surface area contributed by atoms with Crippen molar-refractivity contribution in [1.29, 1.82) is 0 Å². The van der Waals surface area contributed by atoms with Gasteiger partial charge in [-0.3, -0.25) is 9.56 Å². The molecule has 2 heterocycles. The Kier molecular flexibility index (Phi) is 5.96. The topological polar surface area (TPSA) is 33.4 Å². The first-order valence-corrected chi connectivity index (χ1v) is 10.5. The summed E-state index contributed by atoms with van der Waals surface area (Å²) in [7, 11) is 0. The van der Waals surface area contributed by atoms with E-state index in [2.05, 4.69) is 23.7 Å². The number of hydrogen-bond donors (Lipinski definition) is 0. The van der Waals surface area contributed by atoms with Gasteiger partial charge in [-0.2, -0.15) is 13.2 Å². The van der Waals surface area contributed by atoms with E-state index in [0.29, 0.717) is 35.8 Å². The minimum Gasteiger partial charge on any atom is -0.303 e. The molecule has 4 rings (SSSR count). The lowest BCUT2D eigenvalue weighted by Gasteiger charge is -2.20. The molecule has 7 heteroatoms. The summed E-state index contributed by atoms with van der Waals surface area (Å²) < 4.78 is 42.6. The highest BCUT2D eigenvalue weighted by Crippen LogP contribution is 2.34. The number of benzene rings is 2. The second-order valence-corrected chi connectivity index (χ2v) is 7.54. The van der Waals surface area contributed by atoms with Gasteiger partial charge in [-0.15, -0.1) is 0 Å². The molecule has 0 fully saturated rings. The van der Waals surface area contributed by atoms with Gasteiger partial charge in [0.15, 0.2) is 0 Å². The zero-order chi connectivity index (χ0) is 22.0. The van der Waals surface area contributed by atoms with Crippen LogP contribution in [-0.4, -0.2) is 39.8 Å². The van der Waals surface area contributed by atoms with Crippen molar-refractivity contribution in [1.82, 2.24) is 14.5 Å². The molecule has 162 valence electrons. The van der Waals surface area contributed by atoms with E-state index in [4.69, 9.17) is 4.99 Å². The second-order valence-electron chi connectivity index (χ2n) is 7.54. The van der Waals surface area contributed by atoms with Crippen LogP contribution in [0.3, 0.4) is 0 Å². The van der Waals surface area contributed by atoms with Gasteiger partial charge in [0, 0.05) is 36.0 Å². The molecule has 0 amide bonds. The average Bonchev–Trinajstić information content (AvgIpc) is 3.09. The van der Waals surface area contributed by atoms with Crippen molar-refractivity contribution in [2.24, 2.45) is 4.99 Å². The monoisotopic (exact) mass is 426 g/mol. The van der Waals surface area contributed by atoms with E-state index < -0.39 is 11.7 Å². The van der Waals surface area contributed by atoms with Crippen molar-refractivity contribution >= 4 is 5.71 Å². The quantitative estimate of drug-likeness (QED) is 0.548. The van der Waals surface area contributed by atoms with Crippen LogP contribution < -0.4 is 0 Å². The molecule has 1 aromatic heterocycles. The van der Waals surface area contributed by atoms with Gasteiger partial charge in [0.25, 0.3) is 0 Å². The van der Waals surface area contributed by atoms with Crippen LogP contribution in [0.2, 0.25) is 0 Å². The molecule has 1 aliphatic heterocycles. The third-order valence-electron chi connectivity index (χ3n) is 5.73. The SMILES string of the molecule is CCN(CC)CCc1cnc2n1-c1cc(C(F)(F)F)ccc1C(c1ccccc1)=NC2. The van der Waals surface area contributed by atoms with E-state index in [9.17, 15) is 13.2 Å². The van der Waals surface area contributed by atoms with Crippen LogP contribution in [0.4, 0.5) is 13.2 Å². The summed E-state index contributed by atoms with van der Waals surface area (Å²) in [5.74, 6) is 0.654. The van der Waals surface area contributed by atoms with E-state index in [1.807, 2.05) is 34.9 Å². The number of rotatable bonds is 6. The maximum Gasteiger partial charge on any atom is 0.416 e. The number of halogens is 3. The van der Waals surface area contributed by atoms with Gasteiger partial charge in [0.1, 0.15) is 5.82 Å². The zero-order valence-corrected chi connectivity index (χ0v) is 17.7. The molecule has 0 bridgehead atoms. The molecule has 0 radical (unpaired) electrons. The summed E-state index contributed by atoms with van der Waals surface area (Å²) in [6, 6.07) is 13.5. The molecule has 2 aromatic carbocycles. The predicted octanol–water partition coefficient (Wildman–Crippen LogP) is 5.13. The fraction of sp³-hybridized carbons (Fsp3) is 0.333. The Morgan fingerprint density at radius 3 is 2.45 bits per heavy atom. The molecule has 4 nitrogen and oxygen atoms in total. The summed E-state index contributed by atoms with van der Waals surface area (Å²) in [6.07, 6.45) is -1.95. The Bertz CT molecular complexity index is 1080. The lowest BCUT2D eigenvalue weighted by Crippen LogP contribution is -2.26. The average molecular weight is 426 g/mol. The van der Waals surface area contributed by atoms with E-state index in [0.717, 1.165) is 37.0 Å². The first-order chi connectivity index (χ1) is 14.9. The van der Waals surface area contributed by atoms with Crippen LogP contribution in [0.25, 0.3) is 5.69 Å². The normalized spacial score (nSPS) is 13.5. The van der Waals surface area contributed by atoms with Gasteiger partial charge >= 0.3 is 6.18 Å². The van der Waals surface area contributed by atoms with Crippen molar-refractivity contribution in [3.05, 3.63) is 82.9 Å². The van der Waals surface area contributed by atoms with Crippen LogP contribution in [0.15, 0.2) is 59.7 Å². The van der Waals surface area contributed by atoms with E-state index >= 15 is 0 Å². The summed E-state index contributed by atoms with van der Waals surface area (Å²) in [5, 5.41) is 0. The van der Waals surface area contributed by atoms with Crippen molar-refractivity contribution in [3.8, 4) is 5.69 Å². The van der Waals surface area contributed by atoms with Crippen molar-refractivity contribution < 1.29 is 13.2 Å². The third-order valence-corrected chi connectivity index (χ3v) is 5.73. The number of hydrogen-bond acceptors (Lipinski definition) is 3. The molecule has 0 unspecified atom stereocenters. The lowest BCUT2D eigenvalue weighted by molar-refractivity contribution is -0.137. The van der Waals surface area contributed by atoms with E-state index in [1.54, 1.807) is 6.20 Å². The lowest BCUT2D eigenvalue weighted by atomic mass is 9.98. The molecule has 0 aliphatic carbocycles. The zero-order valence-electron chi connectivity index (χ0n) is 17.7. The molecule has 0 atom stereocenters. The van der Waals surface area contributed by atoms with Gasteiger partial charge in [-0.05, 0) is 25.2 Å². The van der Waals surface area contributed by atoms with Crippen LogP contribution in [-0.2, 0) is 19.1 Å². The van der Waals surface area contributed by atoms with Gasteiger partial charge in [-0.1, -0.05) is 50.2 Å². The molecule has 0 saturated carbocycles. The smallest absolute Gasteiger partial charge is 0.303 e. The minimum absolute atomic E-state index is 0.311. The Balaban J connectivity index is 1.85. The van der Waals surface area contributed by atoms with Gasteiger partial charge in [0.05, 0.1) is 23.5 Å². The first kappa shape index (κ1) is 21.3. The largest absolute Gasteiger partial charge is 0.416 e. The maximum atomic E-state index is 13.6. The van der Waals surface area contributed by atoms with Gasteiger partial charge < -0.3 is 4.90 Å². The molecule has 31 heavy (non-hydrogen) atoms. The van der Waals surface area contributed by atoms with E-state index in [1.165, 1.54) is 12.1 Å². The van der Waals surface area contributed by atoms with Crippen LogP contribution in [0.1, 0.15) is 42.1 Å². The summed E-state index contributed by atoms with van der Waals surface area (Å²) in [6.45, 7) is 7.18. The highest BCUT2D eigenvalue weighted by atomic mass is 19.4. The Morgan fingerprint density at radius 2 is 1.77 bits per heavy atom. The molecular weight excluding hydrogens is 401 g/mol. The van der Waals surface area contributed by atoms with Crippen LogP contribution >= 0.6 is 0 Å². The molecule has 0 saturated heterocycles. The maximum absolute atomic E-state index is 13.6. The molecule has 0 spiro atoms. The highest BCUT2D eigenvalue weighted by molar-refractivity contribution is 6.15. The molecule has 0 N–H and O–H groups in total. The number of nitrogens with zero attached hydrogens (tertiary/aromatic N) is 4. The summed E-state index contributed by atoms with van der Waals surface area (Å²) in [4.78, 5) is 11.6. The standard InChI is InChI=1S/C24H25F3N4/c1-3-30(4-2)13-12-19-15-28-22-16-29-23(17-8-6-5-7-9-17)20-11-10-18(24(25,26)27)14-21(20)31(19)22/h5-11,14-15H,3-4,12-13,16H2,1-2H3. The minimum atomic E-state index is -4.42. The number of aromatic nitrogens is 2. The second kappa shape index (κ2) is 8.67. The van der Waals surface area contributed by atoms with Gasteiger partial charge in [0.2, 0.25) is 0 Å². The number of alkyl halides is 3. The number of likely N-dealkylation sites (N-methyl/N-ethyl adjacent to an activating group) is 1. The van der Waals surface area contributed by atoms with Crippen molar-refractivity contribution in [3.63, 3.8) is 0 Å². The van der Waals surface area contributed by atoms with Crippen molar-refractivity contribution in [2.75, 3.05) is 19.6 Å². The highest BCUT2D eigenvalue weighted by Gasteiger charge is 2.32. The fourth-order valence-electron chi connectivity index (χ4n) is 4.00. The molecular formula is C24H25F3N4. The fourth-order valence-corrected chi connectivity index (χ4v) is 4.00. The van der Waals surface area contributed by atoms with Crippen molar-refractivity contribution in [2.45, 2.75) is 33.0 Å². The van der Waals surface area contributed by atoms with E-state index in [-0.39, 0.29) is 0 Å². The molecule has 3 aromatic rings. The number of aliphatic imine (C=N–C) groups is 1. The third kappa shape index (κ3) is 4.28. The summed E-state index contributed by atoms with van der Waals surface area (Å²) in [5.41, 5.74) is 2.95. The Hall–Kier alpha value is -2.93. The van der Waals surface area contributed by atoms with Crippen LogP contribution in [0.5, 0.6) is 0 Å². The number of fused-ring (bicyclic) bond motifs is 3. The Morgan fingerprint density at radius 1 is 1.03 bits per heavy atom. The van der Waals surface area contributed by atoms with Crippen LogP contribution in [0, 0.1) is 0 Å². The molecule has 1 aliphatic rings. The summed E-state index contributed by atoms with van der Waals surface area (Å²) >= 11 is 0.